The molecule has 1 aliphatic rings. The summed E-state index contributed by atoms with van der Waals surface area (Å²) in [6, 6.07) is 2.36. The van der Waals surface area contributed by atoms with Crippen molar-refractivity contribution >= 4 is 23.1 Å². The molecule has 7 heteroatoms. The van der Waals surface area contributed by atoms with Crippen LogP contribution in [0.4, 0.5) is 5.82 Å². The van der Waals surface area contributed by atoms with Crippen molar-refractivity contribution < 1.29 is 4.79 Å². The van der Waals surface area contributed by atoms with E-state index in [2.05, 4.69) is 20.8 Å². The number of carbonyl (C=O) groups is 1. The third kappa shape index (κ3) is 2.78. The number of aromatic nitrogens is 2. The van der Waals surface area contributed by atoms with Crippen LogP contribution in [0.2, 0.25) is 0 Å². The van der Waals surface area contributed by atoms with Crippen LogP contribution in [0.1, 0.15) is 28.9 Å². The minimum absolute atomic E-state index is 0.0942. The highest BCUT2D eigenvalue weighted by molar-refractivity contribution is 7.07. The number of hydrazine groups is 1. The number of carbonyl (C=O) groups excluding carboxylic acids is 1. The maximum Gasteiger partial charge on any atom is 0.274 e. The molecule has 1 amide bonds. The van der Waals surface area contributed by atoms with Crippen molar-refractivity contribution in [3.63, 3.8) is 0 Å². The van der Waals surface area contributed by atoms with E-state index in [4.69, 9.17) is 5.84 Å². The van der Waals surface area contributed by atoms with Crippen molar-refractivity contribution in [2.75, 3.05) is 5.43 Å². The molecule has 1 fully saturated rings. The summed E-state index contributed by atoms with van der Waals surface area (Å²) >= 11 is 1.63. The molecule has 0 unspecified atom stereocenters. The Hall–Kier alpha value is -1.99. The van der Waals surface area contributed by atoms with Crippen LogP contribution >= 0.6 is 11.3 Å². The van der Waals surface area contributed by atoms with E-state index in [-0.39, 0.29) is 5.91 Å². The van der Waals surface area contributed by atoms with Gasteiger partial charge in [0.2, 0.25) is 0 Å². The monoisotopic (exact) mass is 289 g/mol. The van der Waals surface area contributed by atoms with E-state index < -0.39 is 0 Å². The lowest BCUT2D eigenvalue weighted by molar-refractivity contribution is 0.0724. The van der Waals surface area contributed by atoms with E-state index in [9.17, 15) is 4.79 Å². The SMILES string of the molecule is NNc1cncc(C(=O)N(Cc2ccsc2)C2CC2)n1. The third-order valence-electron chi connectivity index (χ3n) is 3.18. The van der Waals surface area contributed by atoms with Gasteiger partial charge in [0.05, 0.1) is 12.4 Å². The molecule has 0 bridgehead atoms. The number of nitrogens with zero attached hydrogens (tertiary/aromatic N) is 3. The Morgan fingerprint density at radius 3 is 3.00 bits per heavy atom. The molecule has 0 aliphatic heterocycles. The van der Waals surface area contributed by atoms with E-state index in [0.29, 0.717) is 24.1 Å². The zero-order valence-electron chi connectivity index (χ0n) is 10.8. The summed E-state index contributed by atoms with van der Waals surface area (Å²) in [6.45, 7) is 0.620. The van der Waals surface area contributed by atoms with Crippen LogP contribution in [0, 0.1) is 0 Å². The summed E-state index contributed by atoms with van der Waals surface area (Å²) in [7, 11) is 0. The number of thiophene rings is 1. The van der Waals surface area contributed by atoms with E-state index in [1.807, 2.05) is 16.3 Å². The lowest BCUT2D eigenvalue weighted by Crippen LogP contribution is -2.33. The maximum atomic E-state index is 12.6. The molecule has 0 aromatic carbocycles. The lowest BCUT2D eigenvalue weighted by Gasteiger charge is -2.21. The summed E-state index contributed by atoms with van der Waals surface area (Å²) in [5.74, 6) is 5.60. The van der Waals surface area contributed by atoms with Crippen LogP contribution in [0.5, 0.6) is 0 Å². The van der Waals surface area contributed by atoms with Crippen molar-refractivity contribution in [2.45, 2.75) is 25.4 Å². The normalized spacial score (nSPS) is 14.1. The van der Waals surface area contributed by atoms with Crippen LogP contribution in [-0.2, 0) is 6.54 Å². The van der Waals surface area contributed by atoms with Crippen molar-refractivity contribution in [1.82, 2.24) is 14.9 Å². The van der Waals surface area contributed by atoms with Crippen LogP contribution in [0.25, 0.3) is 0 Å². The minimum Gasteiger partial charge on any atom is -0.330 e. The van der Waals surface area contributed by atoms with E-state index in [1.54, 1.807) is 11.3 Å². The average Bonchev–Trinajstić information content (AvgIpc) is 3.20. The van der Waals surface area contributed by atoms with E-state index in [0.717, 1.165) is 18.4 Å². The highest BCUT2D eigenvalue weighted by atomic mass is 32.1. The van der Waals surface area contributed by atoms with Gasteiger partial charge in [-0.25, -0.2) is 10.8 Å². The molecule has 3 rings (SSSR count). The summed E-state index contributed by atoms with van der Waals surface area (Å²) in [5, 5.41) is 4.08. The first-order chi connectivity index (χ1) is 9.78. The summed E-state index contributed by atoms with van der Waals surface area (Å²) in [4.78, 5) is 22.6. The molecule has 0 radical (unpaired) electrons. The second-order valence-electron chi connectivity index (χ2n) is 4.73. The van der Waals surface area contributed by atoms with Crippen LogP contribution < -0.4 is 11.3 Å². The molecule has 0 saturated heterocycles. The standard InChI is InChI=1S/C13H15N5OS/c14-17-12-6-15-5-11(16-12)13(19)18(10-1-2-10)7-9-3-4-20-8-9/h3-6,8,10H,1-2,7,14H2,(H,16,17). The fourth-order valence-corrected chi connectivity index (χ4v) is 2.68. The summed E-state index contributed by atoms with van der Waals surface area (Å²) < 4.78 is 0. The number of nitrogens with one attached hydrogen (secondary N) is 1. The van der Waals surface area contributed by atoms with Crippen molar-refractivity contribution in [3.05, 3.63) is 40.5 Å². The quantitative estimate of drug-likeness (QED) is 0.645. The number of nitrogen functional groups attached to an aromatic ring is 1. The van der Waals surface area contributed by atoms with Gasteiger partial charge in [-0.1, -0.05) is 0 Å². The van der Waals surface area contributed by atoms with Gasteiger partial charge in [0.15, 0.2) is 5.82 Å². The molecule has 1 aliphatic carbocycles. The highest BCUT2D eigenvalue weighted by Gasteiger charge is 2.33. The van der Waals surface area contributed by atoms with E-state index in [1.165, 1.54) is 12.4 Å². The van der Waals surface area contributed by atoms with Crippen LogP contribution in [-0.4, -0.2) is 26.8 Å². The Bertz CT molecular complexity index is 597. The Balaban J connectivity index is 1.81. The molecule has 0 atom stereocenters. The Labute approximate surface area is 120 Å². The Morgan fingerprint density at radius 1 is 1.50 bits per heavy atom. The highest BCUT2D eigenvalue weighted by Crippen LogP contribution is 2.30. The molecule has 6 nitrogen and oxygen atoms in total. The number of hydrogen-bond donors (Lipinski definition) is 2. The smallest absolute Gasteiger partial charge is 0.274 e. The first-order valence-corrected chi connectivity index (χ1v) is 7.33. The van der Waals surface area contributed by atoms with Crippen molar-refractivity contribution in [1.29, 1.82) is 0 Å². The Morgan fingerprint density at radius 2 is 2.35 bits per heavy atom. The van der Waals surface area contributed by atoms with Gasteiger partial charge < -0.3 is 10.3 Å². The molecule has 20 heavy (non-hydrogen) atoms. The van der Waals surface area contributed by atoms with Crippen LogP contribution in [0.15, 0.2) is 29.2 Å². The molecule has 2 aromatic heterocycles. The summed E-state index contributed by atoms with van der Waals surface area (Å²) in [5.41, 5.74) is 3.88. The molecule has 2 heterocycles. The third-order valence-corrected chi connectivity index (χ3v) is 3.92. The summed E-state index contributed by atoms with van der Waals surface area (Å²) in [6.07, 6.45) is 5.07. The predicted octanol–water partition coefficient (Wildman–Crippen LogP) is 1.63. The van der Waals surface area contributed by atoms with Gasteiger partial charge in [-0.3, -0.25) is 9.78 Å². The fraction of sp³-hybridized carbons (Fsp3) is 0.308. The topological polar surface area (TPSA) is 84.1 Å². The fourth-order valence-electron chi connectivity index (χ4n) is 2.02. The molecule has 0 spiro atoms. The first kappa shape index (κ1) is 13.0. The number of hydrogen-bond acceptors (Lipinski definition) is 6. The number of amides is 1. The number of anilines is 1. The Kier molecular flexibility index (Phi) is 3.62. The van der Waals surface area contributed by atoms with Gasteiger partial charge >= 0.3 is 0 Å². The van der Waals surface area contributed by atoms with Crippen LogP contribution in [0.3, 0.4) is 0 Å². The number of rotatable bonds is 5. The van der Waals surface area contributed by atoms with E-state index >= 15 is 0 Å². The van der Waals surface area contributed by atoms with Gasteiger partial charge in [0, 0.05) is 12.6 Å². The van der Waals surface area contributed by atoms with Gasteiger partial charge in [-0.15, -0.1) is 0 Å². The number of nitrogens with two attached hydrogens (primary N) is 1. The molecular formula is C13H15N5OS. The largest absolute Gasteiger partial charge is 0.330 e. The predicted molar refractivity (Wildman–Crippen MR) is 77.1 cm³/mol. The molecule has 104 valence electrons. The van der Waals surface area contributed by atoms with Gasteiger partial charge in [0.1, 0.15) is 5.69 Å². The lowest BCUT2D eigenvalue weighted by atomic mass is 10.2. The second-order valence-corrected chi connectivity index (χ2v) is 5.51. The zero-order valence-corrected chi connectivity index (χ0v) is 11.6. The average molecular weight is 289 g/mol. The molecule has 1 saturated carbocycles. The van der Waals surface area contributed by atoms with Crippen molar-refractivity contribution in [2.24, 2.45) is 5.84 Å². The first-order valence-electron chi connectivity index (χ1n) is 6.38. The van der Waals surface area contributed by atoms with Gasteiger partial charge in [-0.05, 0) is 35.2 Å². The zero-order chi connectivity index (χ0) is 13.9. The van der Waals surface area contributed by atoms with Gasteiger partial charge in [-0.2, -0.15) is 11.3 Å². The molecule has 2 aromatic rings. The molecular weight excluding hydrogens is 274 g/mol. The maximum absolute atomic E-state index is 12.6. The molecule has 3 N–H and O–H groups in total. The minimum atomic E-state index is -0.0942. The second kappa shape index (κ2) is 5.56. The van der Waals surface area contributed by atoms with Gasteiger partial charge in [0.25, 0.3) is 5.91 Å². The van der Waals surface area contributed by atoms with Crippen molar-refractivity contribution in [3.8, 4) is 0 Å².